The van der Waals surface area contributed by atoms with Crippen molar-refractivity contribution in [1.82, 2.24) is 4.90 Å². The number of nitrogens with zero attached hydrogens (tertiary/aromatic N) is 1. The molecule has 1 aliphatic heterocycles. The molecule has 0 unspecified atom stereocenters. The number of carbonyl (C=O) groups excluding carboxylic acids is 1. The Hall–Kier alpha value is -0.231. The van der Waals surface area contributed by atoms with Gasteiger partial charge in [-0.05, 0) is 0 Å². The van der Waals surface area contributed by atoms with E-state index in [1.54, 1.807) is 0 Å². The molecule has 0 aromatic rings. The summed E-state index contributed by atoms with van der Waals surface area (Å²) in [6.45, 7) is 17.1. The van der Waals surface area contributed by atoms with Crippen molar-refractivity contribution in [2.75, 3.05) is 6.61 Å². The van der Waals surface area contributed by atoms with Crippen LogP contribution in [0.2, 0.25) is 13.3 Å². The zero-order valence-electron chi connectivity index (χ0n) is 20.5. The van der Waals surface area contributed by atoms with Crippen LogP contribution >= 0.6 is 0 Å². The minimum atomic E-state index is -2.38. The summed E-state index contributed by atoms with van der Waals surface area (Å²) in [4.78, 5) is 14.7. The second kappa shape index (κ2) is 12.0. The van der Waals surface area contributed by atoms with E-state index < -0.39 is 29.7 Å². The first-order chi connectivity index (χ1) is 13.5. The number of rotatable bonds is 11. The summed E-state index contributed by atoms with van der Waals surface area (Å²) in [7, 11) is 0. The van der Waals surface area contributed by atoms with E-state index in [4.69, 9.17) is 9.47 Å². The summed E-state index contributed by atoms with van der Waals surface area (Å²) in [6, 6.07) is -0.0270. The molecule has 1 fully saturated rings. The molecular formula is C24H47NO3Sn. The van der Waals surface area contributed by atoms with Gasteiger partial charge in [-0.25, -0.2) is 0 Å². The van der Waals surface area contributed by atoms with Crippen molar-refractivity contribution in [2.45, 2.75) is 125 Å². The molecule has 1 aliphatic rings. The van der Waals surface area contributed by atoms with E-state index in [0.717, 1.165) is 0 Å². The average Bonchev–Trinajstić information content (AvgIpc) is 2.93. The molecule has 0 saturated carbocycles. The molecule has 1 heterocycles. The number of carbonyl (C=O) groups is 1. The fourth-order valence-electron chi connectivity index (χ4n) is 4.17. The third-order valence-electron chi connectivity index (χ3n) is 5.87. The first-order valence-electron chi connectivity index (χ1n) is 11.9. The first-order valence-corrected chi connectivity index (χ1v) is 19.6. The minimum absolute atomic E-state index is 0.0270. The molecule has 1 atom stereocenters. The van der Waals surface area contributed by atoms with Gasteiger partial charge in [0, 0.05) is 0 Å². The summed E-state index contributed by atoms with van der Waals surface area (Å²) in [5.41, 5.74) is -1.14. The second-order valence-electron chi connectivity index (χ2n) is 10.2. The predicted octanol–water partition coefficient (Wildman–Crippen LogP) is 7.30. The molecule has 1 saturated heterocycles. The number of amides is 1. The van der Waals surface area contributed by atoms with Crippen molar-refractivity contribution < 1.29 is 14.3 Å². The SMILES string of the molecule is CCC[CH2][Sn](/[CH]=C/[C@H]1COC(C)(C)N1C(=O)OC(C)(C)C)([CH2]CCC)[CH2]CCC. The van der Waals surface area contributed by atoms with Gasteiger partial charge in [0.05, 0.1) is 0 Å². The molecule has 1 amide bonds. The van der Waals surface area contributed by atoms with Gasteiger partial charge >= 0.3 is 185 Å². The monoisotopic (exact) mass is 517 g/mol. The Balaban J connectivity index is 3.10. The number of ether oxygens (including phenoxy) is 2. The van der Waals surface area contributed by atoms with Gasteiger partial charge in [0.25, 0.3) is 0 Å². The first kappa shape index (κ1) is 26.8. The van der Waals surface area contributed by atoms with E-state index in [2.05, 4.69) is 30.9 Å². The van der Waals surface area contributed by atoms with Gasteiger partial charge in [-0.15, -0.1) is 0 Å². The van der Waals surface area contributed by atoms with Crippen LogP contribution in [0.1, 0.15) is 93.9 Å². The predicted molar refractivity (Wildman–Crippen MR) is 126 cm³/mol. The van der Waals surface area contributed by atoms with Gasteiger partial charge in [0.2, 0.25) is 0 Å². The molecule has 170 valence electrons. The normalized spacial score (nSPS) is 19.9. The van der Waals surface area contributed by atoms with Crippen LogP contribution in [-0.4, -0.2) is 53.3 Å². The molecule has 5 heteroatoms. The maximum atomic E-state index is 12.9. The van der Waals surface area contributed by atoms with Crippen LogP contribution in [-0.2, 0) is 9.47 Å². The Kier molecular flexibility index (Phi) is 11.1. The molecule has 1 rings (SSSR count). The van der Waals surface area contributed by atoms with E-state index in [1.165, 1.54) is 51.8 Å². The van der Waals surface area contributed by atoms with E-state index >= 15 is 0 Å². The van der Waals surface area contributed by atoms with E-state index in [1.807, 2.05) is 39.5 Å². The topological polar surface area (TPSA) is 38.8 Å². The van der Waals surface area contributed by atoms with E-state index in [9.17, 15) is 4.79 Å². The van der Waals surface area contributed by atoms with E-state index in [0.29, 0.717) is 6.61 Å². The van der Waals surface area contributed by atoms with Crippen molar-refractivity contribution in [3.05, 3.63) is 10.2 Å². The fraction of sp³-hybridized carbons (Fsp3) is 0.875. The summed E-state index contributed by atoms with van der Waals surface area (Å²) >= 11 is -2.38. The van der Waals surface area contributed by atoms with Gasteiger partial charge in [0.1, 0.15) is 0 Å². The number of hydrogen-bond donors (Lipinski definition) is 0. The summed E-state index contributed by atoms with van der Waals surface area (Å²) in [5, 5.41) is 0. The molecule has 0 aliphatic carbocycles. The van der Waals surface area contributed by atoms with Crippen molar-refractivity contribution in [1.29, 1.82) is 0 Å². The van der Waals surface area contributed by atoms with Gasteiger partial charge in [-0.3, -0.25) is 0 Å². The van der Waals surface area contributed by atoms with Crippen molar-refractivity contribution in [2.24, 2.45) is 0 Å². The van der Waals surface area contributed by atoms with Crippen molar-refractivity contribution in [3.63, 3.8) is 0 Å². The third-order valence-corrected chi connectivity index (χ3v) is 20.0. The van der Waals surface area contributed by atoms with Crippen LogP contribution in [0, 0.1) is 0 Å². The van der Waals surface area contributed by atoms with Crippen LogP contribution in [0.3, 0.4) is 0 Å². The Labute approximate surface area is 184 Å². The molecule has 0 radical (unpaired) electrons. The summed E-state index contributed by atoms with van der Waals surface area (Å²) in [6.07, 6.45) is 9.90. The molecule has 0 aromatic heterocycles. The van der Waals surface area contributed by atoms with Crippen LogP contribution in [0.5, 0.6) is 0 Å². The Bertz CT molecular complexity index is 503. The summed E-state index contributed by atoms with van der Waals surface area (Å²) in [5.74, 6) is 0. The Morgan fingerprint density at radius 1 is 1.07 bits per heavy atom. The van der Waals surface area contributed by atoms with Gasteiger partial charge in [-0.1, -0.05) is 0 Å². The zero-order valence-corrected chi connectivity index (χ0v) is 23.3. The third kappa shape index (κ3) is 8.80. The van der Waals surface area contributed by atoms with E-state index in [-0.39, 0.29) is 12.1 Å². The van der Waals surface area contributed by atoms with Gasteiger partial charge in [-0.2, -0.15) is 0 Å². The molecule has 0 spiro atoms. The molecular weight excluding hydrogens is 469 g/mol. The van der Waals surface area contributed by atoms with Crippen LogP contribution in [0.25, 0.3) is 0 Å². The van der Waals surface area contributed by atoms with Crippen molar-refractivity contribution >= 4 is 24.5 Å². The number of unbranched alkanes of at least 4 members (excludes halogenated alkanes) is 3. The molecule has 29 heavy (non-hydrogen) atoms. The quantitative estimate of drug-likeness (QED) is 0.271. The Morgan fingerprint density at radius 3 is 1.97 bits per heavy atom. The number of hydrogen-bond acceptors (Lipinski definition) is 3. The molecule has 0 N–H and O–H groups in total. The van der Waals surface area contributed by atoms with Crippen LogP contribution in [0.4, 0.5) is 4.79 Å². The van der Waals surface area contributed by atoms with Crippen LogP contribution < -0.4 is 0 Å². The standard InChI is InChI=1S/C12H20NO3.3C4H9.Sn/c1-7-9-8-15-12(5,6)13(9)10(14)16-11(2,3)4;3*1-3-4-2;/h1,7,9H,8H2,2-6H3;3*1,3-4H2,2H3;/t9-;;;;/m0..../s1. The summed E-state index contributed by atoms with van der Waals surface area (Å²) < 4.78 is 18.7. The van der Waals surface area contributed by atoms with Gasteiger partial charge in [0.15, 0.2) is 0 Å². The Morgan fingerprint density at radius 2 is 1.55 bits per heavy atom. The fourth-order valence-corrected chi connectivity index (χ4v) is 18.6. The zero-order chi connectivity index (χ0) is 22.1. The molecule has 4 nitrogen and oxygen atoms in total. The van der Waals surface area contributed by atoms with Crippen molar-refractivity contribution in [3.8, 4) is 0 Å². The van der Waals surface area contributed by atoms with Crippen LogP contribution in [0.15, 0.2) is 10.2 Å². The average molecular weight is 516 g/mol. The maximum absolute atomic E-state index is 12.9. The van der Waals surface area contributed by atoms with Gasteiger partial charge < -0.3 is 0 Å². The molecule has 0 aromatic carbocycles. The molecule has 0 bridgehead atoms. The second-order valence-corrected chi connectivity index (χ2v) is 23.2.